The Morgan fingerprint density at radius 3 is 2.54 bits per heavy atom. The van der Waals surface area contributed by atoms with E-state index >= 15 is 0 Å². The molecule has 0 saturated heterocycles. The molecule has 1 heterocycles. The van der Waals surface area contributed by atoms with Gasteiger partial charge in [0.2, 0.25) is 0 Å². The highest BCUT2D eigenvalue weighted by Crippen LogP contribution is 2.25. The predicted molar refractivity (Wildman–Crippen MR) is 99.4 cm³/mol. The van der Waals surface area contributed by atoms with Crippen LogP contribution in [0.5, 0.6) is 5.75 Å². The van der Waals surface area contributed by atoms with Crippen LogP contribution in [-0.2, 0) is 11.3 Å². The van der Waals surface area contributed by atoms with Gasteiger partial charge in [0.05, 0.1) is 17.8 Å². The topological polar surface area (TPSA) is 70.4 Å². The highest BCUT2D eigenvalue weighted by molar-refractivity contribution is 6.33. The first kappa shape index (κ1) is 20.3. The lowest BCUT2D eigenvalue weighted by Gasteiger charge is -2.07. The summed E-state index contributed by atoms with van der Waals surface area (Å²) in [6, 6.07) is 4.60. The molecule has 0 bridgehead atoms. The molecule has 0 amide bonds. The van der Waals surface area contributed by atoms with Gasteiger partial charge in [0, 0.05) is 12.1 Å². The average Bonchev–Trinajstić information content (AvgIpc) is 2.85. The summed E-state index contributed by atoms with van der Waals surface area (Å²) in [7, 11) is 1.48. The van der Waals surface area contributed by atoms with Gasteiger partial charge in [0.1, 0.15) is 16.5 Å². The van der Waals surface area contributed by atoms with Crippen molar-refractivity contribution in [2.75, 3.05) is 13.7 Å². The number of hydrogen-bond acceptors (Lipinski definition) is 5. The number of carbonyl (C=O) groups excluding carboxylic acids is 2. The molecular weight excluding hydrogens is 379 g/mol. The van der Waals surface area contributed by atoms with Gasteiger partial charge in [-0.05, 0) is 31.0 Å². The van der Waals surface area contributed by atoms with Crippen molar-refractivity contribution in [2.45, 2.75) is 27.3 Å². The number of carbonyl (C=O) groups is 2. The molecule has 1 aromatic carbocycles. The summed E-state index contributed by atoms with van der Waals surface area (Å²) < 4.78 is 11.7. The largest absolute Gasteiger partial charge is 0.495 e. The summed E-state index contributed by atoms with van der Waals surface area (Å²) >= 11 is 12.2. The van der Waals surface area contributed by atoms with Crippen LogP contribution in [0, 0.1) is 12.8 Å². The van der Waals surface area contributed by atoms with Crippen molar-refractivity contribution in [3.63, 3.8) is 0 Å². The summed E-state index contributed by atoms with van der Waals surface area (Å²) in [6.45, 7) is 5.86. The van der Waals surface area contributed by atoms with Crippen molar-refractivity contribution in [1.82, 2.24) is 9.78 Å². The van der Waals surface area contributed by atoms with E-state index in [1.54, 1.807) is 23.7 Å². The van der Waals surface area contributed by atoms with Gasteiger partial charge >= 0.3 is 5.97 Å². The minimum absolute atomic E-state index is 0.174. The third-order valence-corrected chi connectivity index (χ3v) is 4.30. The van der Waals surface area contributed by atoms with Crippen LogP contribution in [0.15, 0.2) is 18.2 Å². The number of aromatic nitrogens is 2. The van der Waals surface area contributed by atoms with Crippen LogP contribution >= 0.6 is 23.2 Å². The van der Waals surface area contributed by atoms with Crippen LogP contribution in [0.25, 0.3) is 0 Å². The lowest BCUT2D eigenvalue weighted by atomic mass is 10.1. The maximum absolute atomic E-state index is 12.3. The summed E-state index contributed by atoms with van der Waals surface area (Å²) in [6.07, 6.45) is 0. The van der Waals surface area contributed by atoms with Gasteiger partial charge in [-0.15, -0.1) is 0 Å². The smallest absolute Gasteiger partial charge is 0.343 e. The fourth-order valence-electron chi connectivity index (χ4n) is 2.38. The minimum atomic E-state index is -0.685. The lowest BCUT2D eigenvalue weighted by Crippen LogP contribution is -2.15. The molecule has 2 aromatic rings. The maximum Gasteiger partial charge on any atom is 0.343 e. The molecule has 8 heteroatoms. The van der Waals surface area contributed by atoms with E-state index in [9.17, 15) is 9.59 Å². The van der Waals surface area contributed by atoms with Gasteiger partial charge in [-0.3, -0.25) is 9.48 Å². The lowest BCUT2D eigenvalue weighted by molar-refractivity contribution is 0.0474. The minimum Gasteiger partial charge on any atom is -0.495 e. The molecule has 0 N–H and O–H groups in total. The number of halogens is 2. The zero-order valence-electron chi connectivity index (χ0n) is 15.0. The number of methoxy groups -OCH3 is 1. The summed E-state index contributed by atoms with van der Waals surface area (Å²) in [5, 5.41) is 4.77. The number of nitrogens with zero attached hydrogens (tertiary/aromatic N) is 2. The van der Waals surface area contributed by atoms with Crippen molar-refractivity contribution in [2.24, 2.45) is 5.92 Å². The SMILES string of the molecule is COc1ccc(C(=O)COC(=O)c2c(C)nn(CC(C)C)c2Cl)cc1Cl. The molecule has 2 rings (SSSR count). The van der Waals surface area contributed by atoms with Crippen molar-refractivity contribution < 1.29 is 19.1 Å². The number of esters is 1. The Bertz CT molecular complexity index is 831. The Labute approximate surface area is 162 Å². The van der Waals surface area contributed by atoms with Gasteiger partial charge in [-0.2, -0.15) is 5.10 Å². The maximum atomic E-state index is 12.3. The number of Topliss-reactive ketones (excluding diaryl/α,β-unsaturated/α-hetero) is 1. The molecule has 0 aliphatic carbocycles. The fourth-order valence-corrected chi connectivity index (χ4v) is 2.96. The van der Waals surface area contributed by atoms with E-state index in [0.29, 0.717) is 34.5 Å². The number of benzene rings is 1. The molecule has 26 heavy (non-hydrogen) atoms. The molecule has 0 spiro atoms. The van der Waals surface area contributed by atoms with E-state index in [-0.39, 0.29) is 16.5 Å². The standard InChI is InChI=1S/C18H20Cl2N2O4/c1-10(2)8-22-17(20)16(11(3)21-22)18(24)26-9-14(23)12-5-6-15(25-4)13(19)7-12/h5-7,10H,8-9H2,1-4H3. The second-order valence-electron chi connectivity index (χ2n) is 6.18. The van der Waals surface area contributed by atoms with Gasteiger partial charge in [-0.1, -0.05) is 37.0 Å². The quantitative estimate of drug-likeness (QED) is 0.516. The van der Waals surface area contributed by atoms with Crippen LogP contribution in [-0.4, -0.2) is 35.2 Å². The zero-order chi connectivity index (χ0) is 19.4. The number of ketones is 1. The molecule has 0 atom stereocenters. The zero-order valence-corrected chi connectivity index (χ0v) is 16.5. The van der Waals surface area contributed by atoms with Crippen molar-refractivity contribution >= 4 is 35.0 Å². The normalized spacial score (nSPS) is 10.9. The van der Waals surface area contributed by atoms with Crippen molar-refractivity contribution in [1.29, 1.82) is 0 Å². The third kappa shape index (κ3) is 4.56. The number of rotatable bonds is 7. The van der Waals surface area contributed by atoms with Crippen LogP contribution in [0.2, 0.25) is 10.2 Å². The van der Waals surface area contributed by atoms with Gasteiger partial charge in [0.15, 0.2) is 12.4 Å². The van der Waals surface area contributed by atoms with Crippen LogP contribution in [0.3, 0.4) is 0 Å². The van der Waals surface area contributed by atoms with E-state index in [0.717, 1.165) is 0 Å². The molecule has 0 fully saturated rings. The first-order chi connectivity index (χ1) is 12.2. The second kappa shape index (κ2) is 8.56. The Kier molecular flexibility index (Phi) is 6.67. The van der Waals surface area contributed by atoms with Crippen LogP contribution < -0.4 is 4.74 Å². The Hall–Kier alpha value is -2.05. The van der Waals surface area contributed by atoms with Crippen LogP contribution in [0.4, 0.5) is 0 Å². The molecule has 6 nitrogen and oxygen atoms in total. The first-order valence-corrected chi connectivity index (χ1v) is 8.77. The van der Waals surface area contributed by atoms with Gasteiger partial charge in [0.25, 0.3) is 0 Å². The summed E-state index contributed by atoms with van der Waals surface area (Å²) in [5.41, 5.74) is 0.954. The van der Waals surface area contributed by atoms with Gasteiger partial charge in [-0.25, -0.2) is 4.79 Å². The molecule has 0 saturated carbocycles. The first-order valence-electron chi connectivity index (χ1n) is 8.01. The third-order valence-electron chi connectivity index (χ3n) is 3.62. The van der Waals surface area contributed by atoms with Crippen molar-refractivity contribution in [3.05, 3.63) is 45.2 Å². The van der Waals surface area contributed by atoms with E-state index in [1.165, 1.54) is 13.2 Å². The van der Waals surface area contributed by atoms with E-state index in [4.69, 9.17) is 32.7 Å². The second-order valence-corrected chi connectivity index (χ2v) is 6.94. The van der Waals surface area contributed by atoms with E-state index in [1.807, 2.05) is 13.8 Å². The number of ether oxygens (including phenoxy) is 2. The van der Waals surface area contributed by atoms with Gasteiger partial charge < -0.3 is 9.47 Å². The highest BCUT2D eigenvalue weighted by Gasteiger charge is 2.23. The molecule has 0 aliphatic heterocycles. The Morgan fingerprint density at radius 1 is 1.27 bits per heavy atom. The molecule has 0 unspecified atom stereocenters. The van der Waals surface area contributed by atoms with E-state index < -0.39 is 12.6 Å². The Morgan fingerprint density at radius 2 is 1.96 bits per heavy atom. The average molecular weight is 399 g/mol. The molecule has 1 aromatic heterocycles. The molecular formula is C18H20Cl2N2O4. The summed E-state index contributed by atoms with van der Waals surface area (Å²) in [4.78, 5) is 24.6. The predicted octanol–water partition coefficient (Wildman–Crippen LogP) is 4.20. The Balaban J connectivity index is 2.08. The molecule has 0 aliphatic rings. The summed E-state index contributed by atoms with van der Waals surface area (Å²) in [5.74, 6) is -0.293. The van der Waals surface area contributed by atoms with Crippen molar-refractivity contribution in [3.8, 4) is 5.75 Å². The monoisotopic (exact) mass is 398 g/mol. The number of aryl methyl sites for hydroxylation is 1. The fraction of sp³-hybridized carbons (Fsp3) is 0.389. The van der Waals surface area contributed by atoms with E-state index in [2.05, 4.69) is 5.10 Å². The molecule has 0 radical (unpaired) electrons. The van der Waals surface area contributed by atoms with Crippen LogP contribution in [0.1, 0.15) is 40.3 Å². The molecule has 140 valence electrons. The number of hydrogen-bond donors (Lipinski definition) is 0. The highest BCUT2D eigenvalue weighted by atomic mass is 35.5.